The predicted molar refractivity (Wildman–Crippen MR) is 45.9 cm³/mol. The molecule has 0 aromatic rings. The highest BCUT2D eigenvalue weighted by molar-refractivity contribution is 5.85. The van der Waals surface area contributed by atoms with Gasteiger partial charge < -0.3 is 5.11 Å². The molecule has 1 N–H and O–H groups in total. The molecule has 1 aliphatic rings. The van der Waals surface area contributed by atoms with Gasteiger partial charge in [0.25, 0.3) is 0 Å². The molecular weight excluding hydrogens is 178 g/mol. The summed E-state index contributed by atoms with van der Waals surface area (Å²) in [6.45, 7) is 0. The second-order valence-corrected chi connectivity index (χ2v) is 3.02. The molecule has 0 spiro atoms. The van der Waals surface area contributed by atoms with Crippen molar-refractivity contribution in [2.45, 2.75) is 25.7 Å². The number of nitriles is 1. The van der Waals surface area contributed by atoms with Crippen LogP contribution in [0.5, 0.6) is 0 Å². The fourth-order valence-corrected chi connectivity index (χ4v) is 1.47. The number of hydrogen-bond donors (Lipinski definition) is 1. The van der Waals surface area contributed by atoms with Gasteiger partial charge in [0, 0.05) is 5.92 Å². The maximum absolute atomic E-state index is 10.5. The minimum absolute atomic E-state index is 0. The highest BCUT2D eigenvalue weighted by Gasteiger charge is 2.25. The van der Waals surface area contributed by atoms with Gasteiger partial charge in [-0.15, -0.1) is 12.4 Å². The van der Waals surface area contributed by atoms with Crippen molar-refractivity contribution in [3.05, 3.63) is 0 Å². The first-order valence-electron chi connectivity index (χ1n) is 3.86. The first-order valence-corrected chi connectivity index (χ1v) is 3.86. The van der Waals surface area contributed by atoms with Crippen molar-refractivity contribution in [2.75, 3.05) is 0 Å². The second kappa shape index (κ2) is 5.00. The van der Waals surface area contributed by atoms with Crippen LogP contribution in [0.1, 0.15) is 25.7 Å². The van der Waals surface area contributed by atoms with Gasteiger partial charge in [-0.05, 0) is 25.7 Å². The third kappa shape index (κ3) is 2.71. The van der Waals surface area contributed by atoms with Crippen molar-refractivity contribution < 1.29 is 9.90 Å². The SMILES string of the molecule is Cl.N#CC1CCC(C(=O)O)CC1. The lowest BCUT2D eigenvalue weighted by Gasteiger charge is -2.20. The molecule has 0 aromatic carbocycles. The van der Waals surface area contributed by atoms with Crippen LogP contribution in [0.3, 0.4) is 0 Å². The van der Waals surface area contributed by atoms with E-state index in [1.807, 2.05) is 0 Å². The summed E-state index contributed by atoms with van der Waals surface area (Å²) in [6, 6.07) is 2.17. The maximum Gasteiger partial charge on any atom is 0.306 e. The molecule has 3 nitrogen and oxygen atoms in total. The largest absolute Gasteiger partial charge is 0.481 e. The molecular formula is C8H12ClNO2. The van der Waals surface area contributed by atoms with Crippen LogP contribution in [-0.4, -0.2) is 11.1 Å². The molecule has 1 fully saturated rings. The molecule has 12 heavy (non-hydrogen) atoms. The van der Waals surface area contributed by atoms with Crippen LogP contribution >= 0.6 is 12.4 Å². The molecule has 0 unspecified atom stereocenters. The van der Waals surface area contributed by atoms with Crippen LogP contribution in [-0.2, 0) is 4.79 Å². The molecule has 0 heterocycles. The molecule has 0 atom stereocenters. The Bertz CT molecular complexity index is 192. The lowest BCUT2D eigenvalue weighted by Crippen LogP contribution is -2.20. The number of aliphatic carboxylic acids is 1. The standard InChI is InChI=1S/C8H11NO2.ClH/c9-5-6-1-3-7(4-2-6)8(10)11;/h6-7H,1-4H2,(H,10,11);1H. The molecule has 0 bridgehead atoms. The number of carboxylic acid groups (broad SMARTS) is 1. The minimum atomic E-state index is -0.707. The average molecular weight is 190 g/mol. The summed E-state index contributed by atoms with van der Waals surface area (Å²) in [7, 11) is 0. The normalized spacial score (nSPS) is 28.2. The monoisotopic (exact) mass is 189 g/mol. The van der Waals surface area contributed by atoms with Crippen molar-refractivity contribution in [3.8, 4) is 6.07 Å². The van der Waals surface area contributed by atoms with Crippen molar-refractivity contribution in [2.24, 2.45) is 11.8 Å². The summed E-state index contributed by atoms with van der Waals surface area (Å²) in [6.07, 6.45) is 2.86. The Morgan fingerprint density at radius 3 is 2.17 bits per heavy atom. The Labute approximate surface area is 77.8 Å². The quantitative estimate of drug-likeness (QED) is 0.685. The van der Waals surface area contributed by atoms with Crippen LogP contribution in [0.2, 0.25) is 0 Å². The first kappa shape index (κ1) is 11.2. The lowest BCUT2D eigenvalue weighted by atomic mass is 9.83. The summed E-state index contributed by atoms with van der Waals surface area (Å²) < 4.78 is 0. The van der Waals surface area contributed by atoms with E-state index in [1.54, 1.807) is 0 Å². The van der Waals surface area contributed by atoms with E-state index in [0.29, 0.717) is 12.8 Å². The third-order valence-electron chi connectivity index (χ3n) is 2.26. The van der Waals surface area contributed by atoms with Crippen LogP contribution in [0.15, 0.2) is 0 Å². The van der Waals surface area contributed by atoms with Gasteiger partial charge in [0.2, 0.25) is 0 Å². The van der Waals surface area contributed by atoms with Gasteiger partial charge in [0.05, 0.1) is 12.0 Å². The van der Waals surface area contributed by atoms with Crippen molar-refractivity contribution in [1.82, 2.24) is 0 Å². The van der Waals surface area contributed by atoms with Crippen LogP contribution in [0, 0.1) is 23.2 Å². The highest BCUT2D eigenvalue weighted by Crippen LogP contribution is 2.27. The fraction of sp³-hybridized carbons (Fsp3) is 0.750. The van der Waals surface area contributed by atoms with Crippen molar-refractivity contribution in [3.63, 3.8) is 0 Å². The minimum Gasteiger partial charge on any atom is -0.481 e. The second-order valence-electron chi connectivity index (χ2n) is 3.02. The van der Waals surface area contributed by atoms with Crippen molar-refractivity contribution in [1.29, 1.82) is 5.26 Å². The number of carbonyl (C=O) groups is 1. The van der Waals surface area contributed by atoms with Gasteiger partial charge in [0.1, 0.15) is 0 Å². The molecule has 1 aliphatic carbocycles. The summed E-state index contributed by atoms with van der Waals surface area (Å²) in [4.78, 5) is 10.5. The van der Waals surface area contributed by atoms with E-state index in [9.17, 15) is 4.79 Å². The van der Waals surface area contributed by atoms with Gasteiger partial charge in [-0.25, -0.2) is 0 Å². The average Bonchev–Trinajstić information content (AvgIpc) is 2.05. The number of rotatable bonds is 1. The maximum atomic E-state index is 10.5. The zero-order chi connectivity index (χ0) is 8.27. The lowest BCUT2D eigenvalue weighted by molar-refractivity contribution is -0.142. The number of nitrogens with zero attached hydrogens (tertiary/aromatic N) is 1. The number of halogens is 1. The smallest absolute Gasteiger partial charge is 0.306 e. The Balaban J connectivity index is 0.00000121. The molecule has 68 valence electrons. The van der Waals surface area contributed by atoms with Crippen molar-refractivity contribution >= 4 is 18.4 Å². The summed E-state index contributed by atoms with van der Waals surface area (Å²) >= 11 is 0. The zero-order valence-electron chi connectivity index (χ0n) is 6.69. The Hall–Kier alpha value is -0.750. The van der Waals surface area contributed by atoms with E-state index in [2.05, 4.69) is 6.07 Å². The van der Waals surface area contributed by atoms with E-state index < -0.39 is 5.97 Å². The van der Waals surface area contributed by atoms with Gasteiger partial charge in [-0.2, -0.15) is 5.26 Å². The Morgan fingerprint density at radius 1 is 1.33 bits per heavy atom. The highest BCUT2D eigenvalue weighted by atomic mass is 35.5. The third-order valence-corrected chi connectivity index (χ3v) is 2.26. The molecule has 0 aromatic heterocycles. The van der Waals surface area contributed by atoms with E-state index in [4.69, 9.17) is 10.4 Å². The molecule has 0 saturated heterocycles. The van der Waals surface area contributed by atoms with E-state index >= 15 is 0 Å². The summed E-state index contributed by atoms with van der Waals surface area (Å²) in [5.41, 5.74) is 0. The molecule has 0 aliphatic heterocycles. The van der Waals surface area contributed by atoms with E-state index in [0.717, 1.165) is 12.8 Å². The molecule has 1 saturated carbocycles. The van der Waals surface area contributed by atoms with Crippen LogP contribution < -0.4 is 0 Å². The predicted octanol–water partition coefficient (Wildman–Crippen LogP) is 1.82. The van der Waals surface area contributed by atoms with Gasteiger partial charge in [-0.3, -0.25) is 4.79 Å². The first-order chi connectivity index (χ1) is 5.24. The topological polar surface area (TPSA) is 61.1 Å². The summed E-state index contributed by atoms with van der Waals surface area (Å²) in [5, 5.41) is 17.1. The molecule has 0 radical (unpaired) electrons. The van der Waals surface area contributed by atoms with Gasteiger partial charge in [-0.1, -0.05) is 0 Å². The van der Waals surface area contributed by atoms with Gasteiger partial charge in [0.15, 0.2) is 0 Å². The van der Waals surface area contributed by atoms with Crippen LogP contribution in [0.4, 0.5) is 0 Å². The zero-order valence-corrected chi connectivity index (χ0v) is 7.51. The van der Waals surface area contributed by atoms with E-state index in [1.165, 1.54) is 0 Å². The number of hydrogen-bond acceptors (Lipinski definition) is 2. The number of carboxylic acids is 1. The molecule has 0 amide bonds. The Morgan fingerprint density at radius 2 is 1.83 bits per heavy atom. The van der Waals surface area contributed by atoms with E-state index in [-0.39, 0.29) is 24.2 Å². The molecule has 1 rings (SSSR count). The fourth-order valence-electron chi connectivity index (χ4n) is 1.47. The summed E-state index contributed by atoms with van der Waals surface area (Å²) in [5.74, 6) is -0.799. The molecule has 4 heteroatoms. The Kier molecular flexibility index (Phi) is 4.68. The van der Waals surface area contributed by atoms with Crippen LogP contribution in [0.25, 0.3) is 0 Å². The van der Waals surface area contributed by atoms with Gasteiger partial charge >= 0.3 is 5.97 Å².